The fraction of sp³-hybridized carbons (Fsp3) is 0.308. The number of carboxylic acids is 1. The van der Waals surface area contributed by atoms with Gasteiger partial charge in [-0.2, -0.15) is 0 Å². The van der Waals surface area contributed by atoms with E-state index in [4.69, 9.17) is 9.84 Å². The Bertz CT molecular complexity index is 636. The van der Waals surface area contributed by atoms with Crippen LogP contribution in [0, 0.1) is 0 Å². The molecule has 2 heterocycles. The average molecular weight is 326 g/mol. The molecule has 0 fully saturated rings. The average Bonchev–Trinajstić information content (AvgIpc) is 3.08. The van der Waals surface area contributed by atoms with Crippen molar-refractivity contribution in [1.29, 1.82) is 0 Å². The number of aromatic nitrogens is 1. The van der Waals surface area contributed by atoms with E-state index >= 15 is 0 Å². The molecule has 0 saturated heterocycles. The highest BCUT2D eigenvalue weighted by atomic mass is 32.1. The lowest BCUT2D eigenvalue weighted by Crippen LogP contribution is -2.25. The molecule has 0 aromatic carbocycles. The smallest absolute Gasteiger partial charge is 0.355 e. The van der Waals surface area contributed by atoms with Crippen molar-refractivity contribution < 1.29 is 19.4 Å². The van der Waals surface area contributed by atoms with Crippen molar-refractivity contribution in [2.45, 2.75) is 13.0 Å². The predicted molar refractivity (Wildman–Crippen MR) is 80.1 cm³/mol. The van der Waals surface area contributed by atoms with Gasteiger partial charge in [-0.15, -0.1) is 22.7 Å². The number of thiophene rings is 1. The number of thiazole rings is 1. The van der Waals surface area contributed by atoms with Crippen molar-refractivity contribution in [1.82, 2.24) is 10.3 Å². The van der Waals surface area contributed by atoms with Gasteiger partial charge >= 0.3 is 5.97 Å². The van der Waals surface area contributed by atoms with Crippen LogP contribution in [0.15, 0.2) is 16.8 Å². The van der Waals surface area contributed by atoms with Crippen molar-refractivity contribution in [2.75, 3.05) is 13.7 Å². The van der Waals surface area contributed by atoms with Gasteiger partial charge in [-0.1, -0.05) is 0 Å². The maximum atomic E-state index is 12.0. The van der Waals surface area contributed by atoms with Gasteiger partial charge < -0.3 is 15.2 Å². The summed E-state index contributed by atoms with van der Waals surface area (Å²) in [7, 11) is 1.59. The Hall–Kier alpha value is -1.77. The summed E-state index contributed by atoms with van der Waals surface area (Å²) in [6.45, 7) is 0.816. The molecule has 0 aliphatic carbocycles. The van der Waals surface area contributed by atoms with E-state index in [1.807, 2.05) is 11.4 Å². The van der Waals surface area contributed by atoms with Crippen LogP contribution in [0.5, 0.6) is 0 Å². The van der Waals surface area contributed by atoms with Crippen molar-refractivity contribution >= 4 is 34.6 Å². The Morgan fingerprint density at radius 3 is 2.90 bits per heavy atom. The molecule has 8 heteroatoms. The number of nitrogens with one attached hydrogen (secondary N) is 1. The largest absolute Gasteiger partial charge is 0.476 e. The highest BCUT2D eigenvalue weighted by molar-refractivity contribution is 7.12. The molecule has 6 nitrogen and oxygen atoms in total. The molecule has 2 aromatic heterocycles. The quantitative estimate of drug-likeness (QED) is 0.812. The molecule has 1 amide bonds. The van der Waals surface area contributed by atoms with E-state index in [1.54, 1.807) is 7.11 Å². The second kappa shape index (κ2) is 7.30. The van der Waals surface area contributed by atoms with Crippen LogP contribution >= 0.6 is 22.7 Å². The first kappa shape index (κ1) is 15.6. The van der Waals surface area contributed by atoms with Crippen LogP contribution in [0.4, 0.5) is 0 Å². The fourth-order valence-electron chi connectivity index (χ4n) is 1.69. The topological polar surface area (TPSA) is 88.5 Å². The Kier molecular flexibility index (Phi) is 5.43. The van der Waals surface area contributed by atoms with Crippen LogP contribution in [-0.4, -0.2) is 35.6 Å². The molecular formula is C13H14N2O4S2. The normalized spacial score (nSPS) is 10.5. The standard InChI is InChI=1S/C13H14N2O4S2/c1-19-6-8-3-5-20-11(8)12(16)14-4-2-10-15-9(7-21-10)13(17)18/h3,5,7H,2,4,6H2,1H3,(H,14,16)(H,17,18). The van der Waals surface area contributed by atoms with Gasteiger partial charge in [0.05, 0.1) is 16.5 Å². The van der Waals surface area contributed by atoms with E-state index < -0.39 is 5.97 Å². The summed E-state index contributed by atoms with van der Waals surface area (Å²) in [5.74, 6) is -1.18. The van der Waals surface area contributed by atoms with Crippen LogP contribution in [-0.2, 0) is 17.8 Å². The molecule has 2 aromatic rings. The number of hydrogen-bond donors (Lipinski definition) is 2. The number of hydrogen-bond acceptors (Lipinski definition) is 6. The third kappa shape index (κ3) is 4.10. The molecule has 112 valence electrons. The number of carbonyl (C=O) groups excluding carboxylic acids is 1. The number of amides is 1. The summed E-state index contributed by atoms with van der Waals surface area (Å²) < 4.78 is 5.04. The Morgan fingerprint density at radius 2 is 2.24 bits per heavy atom. The van der Waals surface area contributed by atoms with Crippen molar-refractivity contribution in [3.05, 3.63) is 38.0 Å². The lowest BCUT2D eigenvalue weighted by molar-refractivity contribution is 0.0690. The van der Waals surface area contributed by atoms with E-state index in [0.29, 0.717) is 29.5 Å². The zero-order chi connectivity index (χ0) is 15.2. The summed E-state index contributed by atoms with van der Waals surface area (Å²) in [4.78, 5) is 27.4. The van der Waals surface area contributed by atoms with Crippen molar-refractivity contribution in [2.24, 2.45) is 0 Å². The second-order valence-electron chi connectivity index (χ2n) is 4.15. The minimum Gasteiger partial charge on any atom is -0.476 e. The molecule has 2 rings (SSSR count). The summed E-state index contributed by atoms with van der Waals surface area (Å²) in [5.41, 5.74) is 0.907. The molecular weight excluding hydrogens is 312 g/mol. The number of aromatic carboxylic acids is 1. The van der Waals surface area contributed by atoms with Gasteiger partial charge in [-0.3, -0.25) is 4.79 Å². The molecule has 0 saturated carbocycles. The fourth-order valence-corrected chi connectivity index (χ4v) is 3.29. The molecule has 0 atom stereocenters. The molecule has 0 unspecified atom stereocenters. The van der Waals surface area contributed by atoms with E-state index in [2.05, 4.69) is 10.3 Å². The van der Waals surface area contributed by atoms with Gasteiger partial charge in [-0.25, -0.2) is 9.78 Å². The lowest BCUT2D eigenvalue weighted by atomic mass is 10.2. The maximum Gasteiger partial charge on any atom is 0.355 e. The monoisotopic (exact) mass is 326 g/mol. The third-order valence-corrected chi connectivity index (χ3v) is 4.51. The molecule has 0 radical (unpaired) electrons. The molecule has 0 bridgehead atoms. The Balaban J connectivity index is 1.86. The number of methoxy groups -OCH3 is 1. The summed E-state index contributed by atoms with van der Waals surface area (Å²) in [6, 6.07) is 1.86. The summed E-state index contributed by atoms with van der Waals surface area (Å²) in [5, 5.41) is 15.6. The first-order valence-corrected chi connectivity index (χ1v) is 7.89. The van der Waals surface area contributed by atoms with Gasteiger partial charge in [0, 0.05) is 31.0 Å². The molecule has 21 heavy (non-hydrogen) atoms. The van der Waals surface area contributed by atoms with Gasteiger partial charge in [0.1, 0.15) is 0 Å². The Morgan fingerprint density at radius 1 is 1.43 bits per heavy atom. The maximum absolute atomic E-state index is 12.0. The van der Waals surface area contributed by atoms with Gasteiger partial charge in [0.2, 0.25) is 0 Å². The van der Waals surface area contributed by atoms with Crippen molar-refractivity contribution in [3.63, 3.8) is 0 Å². The van der Waals surface area contributed by atoms with E-state index in [1.165, 1.54) is 28.1 Å². The van der Waals surface area contributed by atoms with Crippen LogP contribution in [0.1, 0.15) is 30.7 Å². The minimum atomic E-state index is -1.04. The molecule has 0 spiro atoms. The van der Waals surface area contributed by atoms with E-state index in [9.17, 15) is 9.59 Å². The summed E-state index contributed by atoms with van der Waals surface area (Å²) >= 11 is 2.65. The van der Waals surface area contributed by atoms with Crippen LogP contribution in [0.25, 0.3) is 0 Å². The number of rotatable bonds is 7. The third-order valence-electron chi connectivity index (χ3n) is 2.65. The summed E-state index contributed by atoms with van der Waals surface area (Å²) in [6.07, 6.45) is 0.509. The van der Waals surface area contributed by atoms with Crippen LogP contribution < -0.4 is 5.32 Å². The zero-order valence-electron chi connectivity index (χ0n) is 11.3. The van der Waals surface area contributed by atoms with Crippen LogP contribution in [0.3, 0.4) is 0 Å². The number of ether oxygens (including phenoxy) is 1. The number of carboxylic acid groups (broad SMARTS) is 1. The zero-order valence-corrected chi connectivity index (χ0v) is 12.9. The predicted octanol–water partition coefficient (Wildman–Crippen LogP) is 2.02. The van der Waals surface area contributed by atoms with Crippen LogP contribution in [0.2, 0.25) is 0 Å². The van der Waals surface area contributed by atoms with Gasteiger partial charge in [0.25, 0.3) is 5.91 Å². The van der Waals surface area contributed by atoms with E-state index in [-0.39, 0.29) is 11.6 Å². The molecule has 0 aliphatic heterocycles. The first-order chi connectivity index (χ1) is 10.1. The number of nitrogens with zero attached hydrogens (tertiary/aromatic N) is 1. The highest BCUT2D eigenvalue weighted by Crippen LogP contribution is 2.17. The number of carbonyl (C=O) groups is 2. The van der Waals surface area contributed by atoms with Gasteiger partial charge in [-0.05, 0) is 11.4 Å². The second-order valence-corrected chi connectivity index (χ2v) is 6.00. The first-order valence-electron chi connectivity index (χ1n) is 6.13. The van der Waals surface area contributed by atoms with Gasteiger partial charge in [0.15, 0.2) is 5.69 Å². The minimum absolute atomic E-state index is 0.0435. The van der Waals surface area contributed by atoms with Crippen molar-refractivity contribution in [3.8, 4) is 0 Å². The van der Waals surface area contributed by atoms with E-state index in [0.717, 1.165) is 5.56 Å². The highest BCUT2D eigenvalue weighted by Gasteiger charge is 2.13. The molecule has 2 N–H and O–H groups in total. The lowest BCUT2D eigenvalue weighted by Gasteiger charge is -2.04. The Labute approximate surface area is 129 Å². The SMILES string of the molecule is COCc1ccsc1C(=O)NCCc1nc(C(=O)O)cs1. The molecule has 0 aliphatic rings.